The van der Waals surface area contributed by atoms with E-state index in [0.29, 0.717) is 41.0 Å². The predicted molar refractivity (Wildman–Crippen MR) is 121 cm³/mol. The molecule has 8 heteroatoms. The van der Waals surface area contributed by atoms with Gasteiger partial charge in [-0.3, -0.25) is 0 Å². The summed E-state index contributed by atoms with van der Waals surface area (Å²) >= 11 is 12.5. The van der Waals surface area contributed by atoms with Gasteiger partial charge in [-0.1, -0.05) is 48.6 Å². The smallest absolute Gasteiger partial charge is 0.174 e. The Balaban J connectivity index is 1.59. The number of halogens is 2. The first kappa shape index (κ1) is 23.7. The number of fused-ring (bicyclic) bond motifs is 1. The van der Waals surface area contributed by atoms with Crippen molar-refractivity contribution in [1.82, 2.24) is 5.16 Å². The van der Waals surface area contributed by atoms with Crippen LogP contribution in [0, 0.1) is 0 Å². The molecule has 0 atom stereocenters. The Bertz CT molecular complexity index is 996. The lowest BCUT2D eigenvalue weighted by Gasteiger charge is -2.14. The van der Waals surface area contributed by atoms with Crippen LogP contribution in [0.15, 0.2) is 28.8 Å². The average Bonchev–Trinajstić information content (AvgIpc) is 3.13. The molecule has 31 heavy (non-hydrogen) atoms. The van der Waals surface area contributed by atoms with E-state index in [1.54, 1.807) is 12.1 Å². The summed E-state index contributed by atoms with van der Waals surface area (Å²) in [5.41, 5.74) is 3.43. The lowest BCUT2D eigenvalue weighted by molar-refractivity contribution is -0.0381. The van der Waals surface area contributed by atoms with Crippen molar-refractivity contribution in [3.63, 3.8) is 0 Å². The fourth-order valence-corrected chi connectivity index (χ4v) is 4.10. The van der Waals surface area contributed by atoms with Gasteiger partial charge in [-0.05, 0) is 42.7 Å². The van der Waals surface area contributed by atoms with Crippen LogP contribution in [0.1, 0.15) is 43.5 Å². The minimum absolute atomic E-state index is 0.0446. The number of aliphatic hydroxyl groups is 2. The van der Waals surface area contributed by atoms with Crippen molar-refractivity contribution in [3.8, 4) is 11.5 Å². The number of benzene rings is 2. The summed E-state index contributed by atoms with van der Waals surface area (Å²) in [5.74, 6) is 1.18. The normalized spacial score (nSPS) is 11.5. The number of aliphatic hydroxyl groups excluding tert-OH is 1. The van der Waals surface area contributed by atoms with E-state index in [1.165, 1.54) is 0 Å². The van der Waals surface area contributed by atoms with Crippen LogP contribution in [-0.4, -0.2) is 34.9 Å². The topological polar surface area (TPSA) is 85.0 Å². The lowest BCUT2D eigenvalue weighted by Crippen LogP contribution is -2.09. The van der Waals surface area contributed by atoms with Gasteiger partial charge in [0.15, 0.2) is 17.6 Å². The number of aromatic nitrogens is 1. The summed E-state index contributed by atoms with van der Waals surface area (Å²) in [6.45, 7) is 5.01. The molecule has 168 valence electrons. The van der Waals surface area contributed by atoms with E-state index in [0.717, 1.165) is 47.2 Å². The highest BCUT2D eigenvalue weighted by molar-refractivity contribution is 6.37. The monoisotopic (exact) mass is 467 g/mol. The average molecular weight is 468 g/mol. The first-order valence-electron chi connectivity index (χ1n) is 10.4. The second kappa shape index (κ2) is 11.0. The molecule has 0 amide bonds. The molecule has 0 radical (unpaired) electrons. The quantitative estimate of drug-likeness (QED) is 0.292. The summed E-state index contributed by atoms with van der Waals surface area (Å²) in [4.78, 5) is 0. The third-order valence-electron chi connectivity index (χ3n) is 4.88. The Labute approximate surface area is 191 Å². The molecule has 0 aliphatic carbocycles. The highest BCUT2D eigenvalue weighted by atomic mass is 35.5. The molecule has 2 N–H and O–H groups in total. The molecule has 6 nitrogen and oxygen atoms in total. The van der Waals surface area contributed by atoms with Crippen LogP contribution in [0.3, 0.4) is 0 Å². The van der Waals surface area contributed by atoms with E-state index < -0.39 is 6.29 Å². The Morgan fingerprint density at radius 2 is 1.77 bits per heavy atom. The third kappa shape index (κ3) is 5.83. The first-order valence-corrected chi connectivity index (χ1v) is 11.2. The minimum Gasteiger partial charge on any atom is -0.493 e. The number of hydrogen-bond donors (Lipinski definition) is 2. The Kier molecular flexibility index (Phi) is 8.43. The van der Waals surface area contributed by atoms with Crippen LogP contribution in [0.25, 0.3) is 11.0 Å². The SMILES string of the molecule is CCCc1c(OCCCOc2c(Cl)cc(CC(O)O)cc2Cl)ccc2c(CC)noc12. The van der Waals surface area contributed by atoms with E-state index in [2.05, 4.69) is 19.0 Å². The van der Waals surface area contributed by atoms with Crippen molar-refractivity contribution in [2.24, 2.45) is 0 Å². The third-order valence-corrected chi connectivity index (χ3v) is 5.44. The zero-order valence-corrected chi connectivity index (χ0v) is 19.2. The molecule has 0 spiro atoms. The van der Waals surface area contributed by atoms with Gasteiger partial charge < -0.3 is 24.2 Å². The molecule has 0 unspecified atom stereocenters. The molecule has 3 aromatic rings. The van der Waals surface area contributed by atoms with Gasteiger partial charge in [-0.25, -0.2) is 0 Å². The second-order valence-corrected chi connectivity index (χ2v) is 8.09. The van der Waals surface area contributed by atoms with E-state index >= 15 is 0 Å². The Morgan fingerprint density at radius 3 is 2.42 bits per heavy atom. The van der Waals surface area contributed by atoms with Crippen molar-refractivity contribution in [1.29, 1.82) is 0 Å². The van der Waals surface area contributed by atoms with E-state index in [1.807, 2.05) is 12.1 Å². The molecule has 0 aliphatic heterocycles. The number of aryl methyl sites for hydroxylation is 2. The fraction of sp³-hybridized carbons (Fsp3) is 0.435. The minimum atomic E-state index is -1.46. The molecule has 2 aromatic carbocycles. The van der Waals surface area contributed by atoms with Crippen LogP contribution in [0.5, 0.6) is 11.5 Å². The second-order valence-electron chi connectivity index (χ2n) is 7.28. The maximum Gasteiger partial charge on any atom is 0.174 e. The number of ether oxygens (including phenoxy) is 2. The Hall–Kier alpha value is -1.99. The van der Waals surface area contributed by atoms with Crippen LogP contribution < -0.4 is 9.47 Å². The van der Waals surface area contributed by atoms with Crippen LogP contribution in [-0.2, 0) is 19.3 Å². The van der Waals surface area contributed by atoms with Crippen LogP contribution in [0.4, 0.5) is 0 Å². The first-order chi connectivity index (χ1) is 14.9. The van der Waals surface area contributed by atoms with E-state index in [-0.39, 0.29) is 6.42 Å². The van der Waals surface area contributed by atoms with Crippen molar-refractivity contribution < 1.29 is 24.2 Å². The molecule has 0 aliphatic rings. The number of rotatable bonds is 11. The molecule has 1 aromatic heterocycles. The highest BCUT2D eigenvalue weighted by Crippen LogP contribution is 2.35. The largest absolute Gasteiger partial charge is 0.493 e. The molecule has 0 saturated heterocycles. The molecular formula is C23H27Cl2NO5. The van der Waals surface area contributed by atoms with Crippen molar-refractivity contribution in [3.05, 3.63) is 51.1 Å². The zero-order valence-electron chi connectivity index (χ0n) is 17.7. The van der Waals surface area contributed by atoms with Gasteiger partial charge in [0.05, 0.1) is 29.0 Å². The molecule has 3 rings (SSSR count). The van der Waals surface area contributed by atoms with Gasteiger partial charge in [0.2, 0.25) is 0 Å². The molecule has 1 heterocycles. The summed E-state index contributed by atoms with van der Waals surface area (Å²) in [7, 11) is 0. The predicted octanol–water partition coefficient (Wildman–Crippen LogP) is 5.35. The molecule has 0 saturated carbocycles. The number of nitrogens with zero attached hydrogens (tertiary/aromatic N) is 1. The molecule has 0 fully saturated rings. The number of hydrogen-bond acceptors (Lipinski definition) is 6. The van der Waals surface area contributed by atoms with Gasteiger partial charge in [0.25, 0.3) is 0 Å². The molecule has 0 bridgehead atoms. The van der Waals surface area contributed by atoms with Gasteiger partial charge in [-0.15, -0.1) is 0 Å². The lowest BCUT2D eigenvalue weighted by atomic mass is 10.0. The maximum absolute atomic E-state index is 9.09. The van der Waals surface area contributed by atoms with Gasteiger partial charge in [0, 0.05) is 23.8 Å². The van der Waals surface area contributed by atoms with Crippen LogP contribution in [0.2, 0.25) is 10.0 Å². The summed E-state index contributed by atoms with van der Waals surface area (Å²) < 4.78 is 17.3. The summed E-state index contributed by atoms with van der Waals surface area (Å²) in [6.07, 6.45) is 1.86. The fourth-order valence-electron chi connectivity index (χ4n) is 3.46. The van der Waals surface area contributed by atoms with Gasteiger partial charge in [-0.2, -0.15) is 0 Å². The molecular weight excluding hydrogens is 441 g/mol. The Morgan fingerprint density at radius 1 is 1.06 bits per heavy atom. The summed E-state index contributed by atoms with van der Waals surface area (Å²) in [5, 5.41) is 24.1. The summed E-state index contributed by atoms with van der Waals surface area (Å²) in [6, 6.07) is 7.21. The van der Waals surface area contributed by atoms with Gasteiger partial charge >= 0.3 is 0 Å². The highest BCUT2D eigenvalue weighted by Gasteiger charge is 2.16. The zero-order chi connectivity index (χ0) is 22.4. The van der Waals surface area contributed by atoms with Crippen molar-refractivity contribution >= 4 is 34.2 Å². The van der Waals surface area contributed by atoms with Gasteiger partial charge in [0.1, 0.15) is 5.75 Å². The standard InChI is InChI=1S/C23H27Cl2NO5/c1-3-6-16-20(8-7-15-19(4-2)26-31-22(15)16)29-9-5-10-30-23-17(24)11-14(12-18(23)25)13-21(27)28/h7-8,11-12,21,27-28H,3-6,9-10,13H2,1-2H3. The van der Waals surface area contributed by atoms with Crippen LogP contribution >= 0.6 is 23.2 Å². The van der Waals surface area contributed by atoms with E-state index in [9.17, 15) is 0 Å². The maximum atomic E-state index is 9.09. The van der Waals surface area contributed by atoms with E-state index in [4.69, 9.17) is 47.4 Å². The van der Waals surface area contributed by atoms with Crippen molar-refractivity contribution in [2.75, 3.05) is 13.2 Å². The van der Waals surface area contributed by atoms with Crippen molar-refractivity contribution in [2.45, 2.75) is 52.2 Å².